The van der Waals surface area contributed by atoms with E-state index < -0.39 is 115 Å². The standard InChI is InChI=1S/C35H54N13O20P3S2/c1-35(2,11-64-71(61,62)68-70(59,60)63-9-17-25(67-69(56,57)58)24(52)33(65-17)48-15-46-21-28(38)42-13-44-30(21)48)26(53)31(54)40-5-3-19(49)39-6-8-73-34(55)16(36)4-7-72-10-18-22(50)23(51)32(66-18)47-14-45-20-27(37)41-12-43-29(20)47/h12-18,22-26,32-33,50-53H,3-11,36H2,1-2H3,(H,39,49)(H,40,54)(H,59,60)(H,61,62)(H2,37,41,43)(H2,38,42,44)(H2,56,57,58). The first-order valence-electron chi connectivity index (χ1n) is 21.5. The number of nitrogens with one attached hydrogen (secondary N) is 2. The summed E-state index contributed by atoms with van der Waals surface area (Å²) in [5, 5.41) is 47.5. The molecule has 2 aliphatic heterocycles. The fourth-order valence-corrected chi connectivity index (χ4v) is 11.7. The summed E-state index contributed by atoms with van der Waals surface area (Å²) in [5.74, 6) is -0.565. The van der Waals surface area contributed by atoms with Crippen LogP contribution in [0.1, 0.15) is 39.1 Å². The Morgan fingerprint density at radius 2 is 1.38 bits per heavy atom. The number of rotatable bonds is 26. The number of phosphoric acid groups is 3. The fourth-order valence-electron chi connectivity index (χ4n) is 7.07. The molecule has 0 aliphatic carbocycles. The van der Waals surface area contributed by atoms with Gasteiger partial charge in [0.25, 0.3) is 0 Å². The number of imidazole rings is 2. The van der Waals surface area contributed by atoms with Gasteiger partial charge in [0, 0.05) is 36.4 Å². The Balaban J connectivity index is 0.846. The van der Waals surface area contributed by atoms with E-state index in [9.17, 15) is 68.1 Å². The second-order valence-corrected chi connectivity index (χ2v) is 23.3. The first-order chi connectivity index (χ1) is 34.2. The van der Waals surface area contributed by atoms with Gasteiger partial charge in [0.15, 0.2) is 35.4 Å². The molecule has 4 aromatic heterocycles. The average molecular weight is 1130 g/mol. The van der Waals surface area contributed by atoms with Crippen molar-refractivity contribution in [3.8, 4) is 0 Å². The Hall–Kier alpha value is -3.90. The van der Waals surface area contributed by atoms with Gasteiger partial charge in [-0.05, 0) is 12.2 Å². The van der Waals surface area contributed by atoms with Crippen molar-refractivity contribution in [2.45, 2.75) is 87.9 Å². The van der Waals surface area contributed by atoms with Crippen LogP contribution in [0.4, 0.5) is 11.6 Å². The first kappa shape index (κ1) is 58.4. The number of aromatic nitrogens is 8. The molecule has 406 valence electrons. The number of carbonyl (C=O) groups is 3. The number of hydrogen-bond donors (Lipinski definition) is 13. The van der Waals surface area contributed by atoms with Gasteiger partial charge in [0.2, 0.25) is 16.9 Å². The van der Waals surface area contributed by atoms with Gasteiger partial charge < -0.3 is 77.3 Å². The molecule has 33 nitrogen and oxygen atoms in total. The lowest BCUT2D eigenvalue weighted by molar-refractivity contribution is -0.137. The molecule has 0 aromatic carbocycles. The highest BCUT2D eigenvalue weighted by Crippen LogP contribution is 2.61. The van der Waals surface area contributed by atoms with Crippen LogP contribution in [0.2, 0.25) is 0 Å². The van der Waals surface area contributed by atoms with Crippen LogP contribution in [0.15, 0.2) is 25.3 Å². The molecule has 0 saturated carbocycles. The van der Waals surface area contributed by atoms with E-state index in [2.05, 4.69) is 49.4 Å². The van der Waals surface area contributed by atoms with E-state index in [1.807, 2.05) is 0 Å². The number of fused-ring (bicyclic) bond motifs is 2. The molecule has 2 amide bonds. The van der Waals surface area contributed by atoms with Crippen LogP contribution in [0.5, 0.6) is 0 Å². The number of hydrogen-bond acceptors (Lipinski definition) is 27. The van der Waals surface area contributed by atoms with E-state index >= 15 is 0 Å². The van der Waals surface area contributed by atoms with E-state index in [1.165, 1.54) is 42.8 Å². The Labute approximate surface area is 421 Å². The zero-order valence-corrected chi connectivity index (χ0v) is 42.7. The highest BCUT2D eigenvalue weighted by molar-refractivity contribution is 8.13. The number of thioether (sulfide) groups is 2. The SMILES string of the molecule is CC(C)(COP(=O)(O)OP(=O)(O)OCC1OC(n2cnc3c(N)ncnc32)C(O)C1OP(=O)(O)O)C(O)C(=O)NCCC(=O)NCCSC(=O)C(N)CCSCC1OC(n2cnc3c(N)ncnc32)C(O)C1O. The van der Waals surface area contributed by atoms with Gasteiger partial charge in [-0.2, -0.15) is 16.1 Å². The lowest BCUT2D eigenvalue weighted by atomic mass is 9.87. The van der Waals surface area contributed by atoms with Crippen molar-refractivity contribution in [1.29, 1.82) is 0 Å². The van der Waals surface area contributed by atoms with Crippen molar-refractivity contribution in [2.24, 2.45) is 11.1 Å². The molecule has 2 saturated heterocycles. The number of amides is 2. The number of ether oxygens (including phenoxy) is 2. The third-order valence-corrected chi connectivity index (χ3v) is 16.1. The summed E-state index contributed by atoms with van der Waals surface area (Å²) >= 11 is 2.27. The number of anilines is 2. The van der Waals surface area contributed by atoms with E-state index in [0.29, 0.717) is 16.9 Å². The van der Waals surface area contributed by atoms with E-state index in [4.69, 9.17) is 35.7 Å². The normalized spacial score (nSPS) is 25.1. The van der Waals surface area contributed by atoms with Crippen LogP contribution in [-0.4, -0.2) is 188 Å². The molecule has 73 heavy (non-hydrogen) atoms. The second kappa shape index (κ2) is 24.4. The third kappa shape index (κ3) is 15.2. The minimum absolute atomic E-state index is 0.0146. The summed E-state index contributed by atoms with van der Waals surface area (Å²) in [6, 6.07) is -0.833. The summed E-state index contributed by atoms with van der Waals surface area (Å²) in [4.78, 5) is 101. The highest BCUT2D eigenvalue weighted by atomic mass is 32.2. The largest absolute Gasteiger partial charge is 0.481 e. The molecule has 2 fully saturated rings. The lowest BCUT2D eigenvalue weighted by Gasteiger charge is -2.30. The average Bonchev–Trinajstić information content (AvgIpc) is 4.09. The third-order valence-electron chi connectivity index (χ3n) is 10.9. The molecular formula is C35H54N13O20P3S2. The van der Waals surface area contributed by atoms with Crippen LogP contribution in [-0.2, 0) is 55.4 Å². The van der Waals surface area contributed by atoms with Gasteiger partial charge in [-0.3, -0.25) is 37.1 Å². The van der Waals surface area contributed by atoms with Gasteiger partial charge in [0.1, 0.15) is 60.3 Å². The molecular weight excluding hydrogens is 1080 g/mol. The van der Waals surface area contributed by atoms with Crippen molar-refractivity contribution >= 4 is 97.9 Å². The summed E-state index contributed by atoms with van der Waals surface area (Å²) in [6.45, 7) is 0.168. The van der Waals surface area contributed by atoms with Crippen LogP contribution in [0, 0.1) is 5.41 Å². The van der Waals surface area contributed by atoms with E-state index in [1.54, 1.807) is 0 Å². The Morgan fingerprint density at radius 3 is 1.99 bits per heavy atom. The molecule has 6 heterocycles. The molecule has 2 aliphatic rings. The van der Waals surface area contributed by atoms with Crippen LogP contribution in [0.25, 0.3) is 22.3 Å². The summed E-state index contributed by atoms with van der Waals surface area (Å²) in [7, 11) is -16.5. The number of nitrogens with two attached hydrogens (primary N) is 3. The molecule has 4 aromatic rings. The maximum absolute atomic E-state index is 12.8. The number of aliphatic hydroxyl groups is 4. The van der Waals surface area contributed by atoms with Gasteiger partial charge in [-0.1, -0.05) is 25.6 Å². The smallest absolute Gasteiger partial charge is 0.387 e. The van der Waals surface area contributed by atoms with Crippen LogP contribution in [0.3, 0.4) is 0 Å². The van der Waals surface area contributed by atoms with Crippen LogP contribution >= 0.6 is 47.0 Å². The maximum atomic E-state index is 12.8. The molecule has 16 N–H and O–H groups in total. The minimum atomic E-state index is -5.62. The molecule has 0 bridgehead atoms. The van der Waals surface area contributed by atoms with Gasteiger partial charge in [0.05, 0.1) is 38.0 Å². The summed E-state index contributed by atoms with van der Waals surface area (Å²) in [6.07, 6.45) is -8.46. The molecule has 38 heteroatoms. The lowest BCUT2D eigenvalue weighted by Crippen LogP contribution is -2.46. The van der Waals surface area contributed by atoms with Gasteiger partial charge in [-0.15, -0.1) is 0 Å². The topological polar surface area (TPSA) is 509 Å². The van der Waals surface area contributed by atoms with Crippen molar-refractivity contribution in [3.05, 3.63) is 25.3 Å². The van der Waals surface area contributed by atoms with Gasteiger partial charge in [-0.25, -0.2) is 43.6 Å². The maximum Gasteiger partial charge on any atom is 0.481 e. The minimum Gasteiger partial charge on any atom is -0.387 e. The number of aliphatic hydroxyl groups excluding tert-OH is 4. The molecule has 0 radical (unpaired) electrons. The quantitative estimate of drug-likeness (QED) is 0.0222. The number of phosphoric ester groups is 3. The monoisotopic (exact) mass is 1130 g/mol. The van der Waals surface area contributed by atoms with E-state index in [-0.39, 0.29) is 65.4 Å². The van der Waals surface area contributed by atoms with Gasteiger partial charge >= 0.3 is 23.5 Å². The Morgan fingerprint density at radius 1 is 0.808 bits per heavy atom. The zero-order chi connectivity index (χ0) is 53.6. The van der Waals surface area contributed by atoms with Crippen LogP contribution < -0.4 is 27.8 Å². The fraction of sp³-hybridized carbons (Fsp3) is 0.629. The Kier molecular flexibility index (Phi) is 19.5. The predicted molar refractivity (Wildman–Crippen MR) is 253 cm³/mol. The Bertz CT molecular complexity index is 2740. The van der Waals surface area contributed by atoms with Crippen molar-refractivity contribution in [1.82, 2.24) is 49.7 Å². The molecule has 0 spiro atoms. The number of nitrogen functional groups attached to an aromatic ring is 2. The molecule has 12 unspecified atom stereocenters. The van der Waals surface area contributed by atoms with Crippen molar-refractivity contribution in [2.75, 3.05) is 55.0 Å². The van der Waals surface area contributed by atoms with Crippen molar-refractivity contribution in [3.63, 3.8) is 0 Å². The van der Waals surface area contributed by atoms with Crippen molar-refractivity contribution < 1.29 is 95.4 Å². The summed E-state index contributed by atoms with van der Waals surface area (Å²) < 4.78 is 69.8. The summed E-state index contributed by atoms with van der Waals surface area (Å²) in [5.41, 5.74) is 16.7. The first-order valence-corrected chi connectivity index (χ1v) is 28.2. The highest BCUT2D eigenvalue weighted by Gasteiger charge is 2.50. The number of carbonyl (C=O) groups excluding carboxylic acids is 3. The molecule has 6 rings (SSSR count). The number of nitrogens with zero attached hydrogens (tertiary/aromatic N) is 8. The predicted octanol–water partition coefficient (Wildman–Crippen LogP) is -2.84. The molecule has 12 atom stereocenters. The second-order valence-electron chi connectivity index (χ2n) is 16.8. The van der Waals surface area contributed by atoms with E-state index in [0.717, 1.165) is 29.0 Å². The zero-order valence-electron chi connectivity index (χ0n) is 38.4.